The van der Waals surface area contributed by atoms with Crippen molar-refractivity contribution in [3.05, 3.63) is 52.5 Å². The maximum absolute atomic E-state index is 12.3. The zero-order chi connectivity index (χ0) is 20.1. The number of likely N-dealkylation sites (N-methyl/N-ethyl adjacent to an activating group) is 1. The quantitative estimate of drug-likeness (QED) is 0.771. The number of fused-ring (bicyclic) bond motifs is 1. The number of carbonyl (C=O) groups is 2. The molecule has 2 aromatic carbocycles. The third-order valence-corrected chi connectivity index (χ3v) is 4.91. The second-order valence-electron chi connectivity index (χ2n) is 6.72. The van der Waals surface area contributed by atoms with Crippen molar-refractivity contribution >= 4 is 29.1 Å². The Hall–Kier alpha value is -2.73. The summed E-state index contributed by atoms with van der Waals surface area (Å²) in [6.45, 7) is -0.231. The van der Waals surface area contributed by atoms with Gasteiger partial charge in [-0.15, -0.1) is 0 Å². The van der Waals surface area contributed by atoms with E-state index in [1.807, 2.05) is 12.1 Å². The minimum absolute atomic E-state index is 0.109. The van der Waals surface area contributed by atoms with Gasteiger partial charge in [0.2, 0.25) is 5.91 Å². The highest BCUT2D eigenvalue weighted by atomic mass is 35.5. The van der Waals surface area contributed by atoms with E-state index in [-0.39, 0.29) is 25.0 Å². The first-order chi connectivity index (χ1) is 13.5. The van der Waals surface area contributed by atoms with Crippen LogP contribution in [0.5, 0.6) is 11.5 Å². The van der Waals surface area contributed by atoms with Gasteiger partial charge in [-0.25, -0.2) is 0 Å². The number of halogens is 1. The lowest BCUT2D eigenvalue weighted by atomic mass is 10.1. The molecular weight excluding hydrogens is 380 g/mol. The Morgan fingerprint density at radius 1 is 1.14 bits per heavy atom. The molecule has 0 heterocycles. The van der Waals surface area contributed by atoms with E-state index in [9.17, 15) is 9.59 Å². The Labute approximate surface area is 169 Å². The minimum atomic E-state index is -0.353. The van der Waals surface area contributed by atoms with Crippen LogP contribution in [0.4, 0.5) is 5.69 Å². The summed E-state index contributed by atoms with van der Waals surface area (Å²) in [5.74, 6) is 0.532. The van der Waals surface area contributed by atoms with Gasteiger partial charge in [-0.2, -0.15) is 0 Å². The van der Waals surface area contributed by atoms with Crippen molar-refractivity contribution in [3.63, 3.8) is 0 Å². The summed E-state index contributed by atoms with van der Waals surface area (Å²) in [5, 5.41) is 3.18. The van der Waals surface area contributed by atoms with Crippen LogP contribution in [0.2, 0.25) is 5.02 Å². The largest absolute Gasteiger partial charge is 0.495 e. The van der Waals surface area contributed by atoms with Gasteiger partial charge >= 0.3 is 0 Å². The molecule has 0 aromatic heterocycles. The molecule has 1 N–H and O–H groups in total. The molecule has 2 amide bonds. The molecule has 0 saturated heterocycles. The third kappa shape index (κ3) is 4.95. The van der Waals surface area contributed by atoms with E-state index in [0.29, 0.717) is 22.2 Å². The number of ether oxygens (including phenoxy) is 2. The molecule has 148 valence electrons. The van der Waals surface area contributed by atoms with Gasteiger partial charge in [-0.1, -0.05) is 17.7 Å². The van der Waals surface area contributed by atoms with E-state index in [1.54, 1.807) is 25.2 Å². The lowest BCUT2D eigenvalue weighted by Crippen LogP contribution is -2.37. The summed E-state index contributed by atoms with van der Waals surface area (Å²) in [4.78, 5) is 25.9. The van der Waals surface area contributed by atoms with Crippen molar-refractivity contribution < 1.29 is 19.1 Å². The molecule has 0 bridgehead atoms. The van der Waals surface area contributed by atoms with Crippen LogP contribution in [0, 0.1) is 0 Å². The summed E-state index contributed by atoms with van der Waals surface area (Å²) < 4.78 is 10.8. The number of nitrogens with zero attached hydrogens (tertiary/aromatic N) is 1. The fourth-order valence-electron chi connectivity index (χ4n) is 3.16. The van der Waals surface area contributed by atoms with Gasteiger partial charge < -0.3 is 19.7 Å². The molecule has 0 atom stereocenters. The second-order valence-corrected chi connectivity index (χ2v) is 7.15. The molecule has 0 aliphatic heterocycles. The highest BCUT2D eigenvalue weighted by Gasteiger charge is 2.16. The number of rotatable bonds is 7. The molecule has 6 nitrogen and oxygen atoms in total. The Morgan fingerprint density at radius 3 is 2.71 bits per heavy atom. The highest BCUT2D eigenvalue weighted by molar-refractivity contribution is 6.31. The number of benzene rings is 2. The third-order valence-electron chi connectivity index (χ3n) is 4.67. The number of methoxy groups -OCH3 is 1. The van der Waals surface area contributed by atoms with Gasteiger partial charge in [0.05, 0.1) is 19.3 Å². The Balaban J connectivity index is 1.51. The van der Waals surface area contributed by atoms with E-state index in [0.717, 1.165) is 19.3 Å². The van der Waals surface area contributed by atoms with Crippen LogP contribution in [0.1, 0.15) is 17.5 Å². The summed E-state index contributed by atoms with van der Waals surface area (Å²) >= 11 is 5.96. The van der Waals surface area contributed by atoms with Gasteiger partial charge in [0, 0.05) is 12.1 Å². The van der Waals surface area contributed by atoms with Crippen molar-refractivity contribution in [3.8, 4) is 11.5 Å². The fraction of sp³-hybridized carbons (Fsp3) is 0.333. The molecule has 7 heteroatoms. The molecule has 3 rings (SSSR count). The zero-order valence-corrected chi connectivity index (χ0v) is 16.7. The molecule has 0 radical (unpaired) electrons. The lowest BCUT2D eigenvalue weighted by Gasteiger charge is -2.18. The Morgan fingerprint density at radius 2 is 1.93 bits per heavy atom. The topological polar surface area (TPSA) is 67.9 Å². The van der Waals surface area contributed by atoms with Crippen LogP contribution in [0.15, 0.2) is 36.4 Å². The number of aryl methyl sites for hydroxylation is 2. The molecule has 0 saturated carbocycles. The molecule has 0 spiro atoms. The monoisotopic (exact) mass is 402 g/mol. The number of carbonyl (C=O) groups excluding carboxylic acids is 2. The van der Waals surface area contributed by atoms with Crippen LogP contribution in [0.25, 0.3) is 0 Å². The fourth-order valence-corrected chi connectivity index (χ4v) is 3.34. The van der Waals surface area contributed by atoms with Crippen molar-refractivity contribution in [2.24, 2.45) is 0 Å². The van der Waals surface area contributed by atoms with Crippen molar-refractivity contribution in [1.82, 2.24) is 4.90 Å². The zero-order valence-electron chi connectivity index (χ0n) is 16.0. The first kappa shape index (κ1) is 20.0. The molecular formula is C21H23ClN2O4. The standard InChI is InChI=1S/C21H23ClN2O4/c1-24(12-20(25)23-18-11-16(22)7-9-19(18)27-2)21(26)13-28-17-8-6-14-4-3-5-15(14)10-17/h6-11H,3-5,12-13H2,1-2H3,(H,23,25). The van der Waals surface area contributed by atoms with Crippen LogP contribution in [-0.2, 0) is 22.4 Å². The maximum Gasteiger partial charge on any atom is 0.260 e. The number of amides is 2. The predicted octanol–water partition coefficient (Wildman–Crippen LogP) is 3.31. The molecule has 1 aliphatic carbocycles. The average Bonchev–Trinajstić information content (AvgIpc) is 3.14. The van der Waals surface area contributed by atoms with E-state index in [2.05, 4.69) is 11.4 Å². The SMILES string of the molecule is COc1ccc(Cl)cc1NC(=O)CN(C)C(=O)COc1ccc2c(c1)CCC2. The van der Waals surface area contributed by atoms with Crippen LogP contribution in [-0.4, -0.2) is 44.0 Å². The summed E-state index contributed by atoms with van der Waals surface area (Å²) in [6.07, 6.45) is 3.31. The first-order valence-corrected chi connectivity index (χ1v) is 9.46. The predicted molar refractivity (Wildman–Crippen MR) is 108 cm³/mol. The lowest BCUT2D eigenvalue weighted by molar-refractivity contribution is -0.135. The van der Waals surface area contributed by atoms with Gasteiger partial charge in [-0.3, -0.25) is 9.59 Å². The highest BCUT2D eigenvalue weighted by Crippen LogP contribution is 2.28. The molecule has 2 aromatic rings. The van der Waals surface area contributed by atoms with Crippen molar-refractivity contribution in [1.29, 1.82) is 0 Å². The van der Waals surface area contributed by atoms with E-state index < -0.39 is 0 Å². The number of anilines is 1. The molecule has 28 heavy (non-hydrogen) atoms. The van der Waals surface area contributed by atoms with Crippen LogP contribution >= 0.6 is 11.6 Å². The van der Waals surface area contributed by atoms with Crippen molar-refractivity contribution in [2.45, 2.75) is 19.3 Å². The Kier molecular flexibility index (Phi) is 6.41. The average molecular weight is 403 g/mol. The van der Waals surface area contributed by atoms with Gasteiger partial charge in [0.1, 0.15) is 11.5 Å². The number of nitrogens with one attached hydrogen (secondary N) is 1. The van der Waals surface area contributed by atoms with E-state index in [1.165, 1.54) is 23.1 Å². The maximum atomic E-state index is 12.3. The van der Waals surface area contributed by atoms with Crippen molar-refractivity contribution in [2.75, 3.05) is 32.6 Å². The van der Waals surface area contributed by atoms with E-state index in [4.69, 9.17) is 21.1 Å². The summed E-state index contributed by atoms with van der Waals surface area (Å²) in [6, 6.07) is 10.9. The second kappa shape index (κ2) is 8.97. The Bertz CT molecular complexity index is 885. The molecule has 0 unspecified atom stereocenters. The number of hydrogen-bond donors (Lipinski definition) is 1. The minimum Gasteiger partial charge on any atom is -0.495 e. The number of hydrogen-bond acceptors (Lipinski definition) is 4. The van der Waals surface area contributed by atoms with Gasteiger partial charge in [0.25, 0.3) is 5.91 Å². The summed E-state index contributed by atoms with van der Waals surface area (Å²) in [5.41, 5.74) is 3.09. The van der Waals surface area contributed by atoms with Crippen LogP contribution in [0.3, 0.4) is 0 Å². The normalized spacial score (nSPS) is 12.2. The smallest absolute Gasteiger partial charge is 0.260 e. The van der Waals surface area contributed by atoms with Crippen LogP contribution < -0.4 is 14.8 Å². The molecule has 0 fully saturated rings. The van der Waals surface area contributed by atoms with Gasteiger partial charge in [-0.05, 0) is 60.7 Å². The molecule has 1 aliphatic rings. The first-order valence-electron chi connectivity index (χ1n) is 9.08. The summed E-state index contributed by atoms with van der Waals surface area (Å²) in [7, 11) is 3.06. The van der Waals surface area contributed by atoms with Gasteiger partial charge in [0.15, 0.2) is 6.61 Å². The van der Waals surface area contributed by atoms with E-state index >= 15 is 0 Å².